The van der Waals surface area contributed by atoms with Crippen molar-refractivity contribution in [2.24, 2.45) is 7.05 Å². The Balaban J connectivity index is 2.17. The van der Waals surface area contributed by atoms with Gasteiger partial charge < -0.3 is 14.6 Å². The zero-order valence-corrected chi connectivity index (χ0v) is 13.6. The number of hydrogen-bond donors (Lipinski definition) is 1. The van der Waals surface area contributed by atoms with Gasteiger partial charge >= 0.3 is 5.97 Å². The summed E-state index contributed by atoms with van der Waals surface area (Å²) in [5.41, 5.74) is 1.09. The van der Waals surface area contributed by atoms with Crippen molar-refractivity contribution in [3.63, 3.8) is 0 Å². The molecule has 0 unspecified atom stereocenters. The Labute approximate surface area is 141 Å². The number of aryl methyl sites for hydroxylation is 1. The van der Waals surface area contributed by atoms with Crippen molar-refractivity contribution in [3.05, 3.63) is 66.4 Å². The summed E-state index contributed by atoms with van der Waals surface area (Å²) in [6.45, 7) is 0. The largest absolute Gasteiger partial charge is 0.466 e. The van der Waals surface area contributed by atoms with E-state index in [0.717, 1.165) is 16.6 Å². The second-order valence-electron chi connectivity index (χ2n) is 5.54. The second kappa shape index (κ2) is 6.13. The molecule has 120 valence electrons. The zero-order valence-electron chi connectivity index (χ0n) is 13.6. The van der Waals surface area contributed by atoms with Crippen LogP contribution < -0.4 is 5.32 Å². The van der Waals surface area contributed by atoms with Gasteiger partial charge in [-0.05, 0) is 18.2 Å². The molecule has 0 spiro atoms. The topological polar surface area (TPSA) is 43.3 Å². The van der Waals surface area contributed by atoms with Gasteiger partial charge in [-0.3, -0.25) is 0 Å². The SMILES string of the molecule is C#C[C@@](Nc1cccc2c1ccn2C)(C(=O)OC)c1ccccc1. The fraction of sp³-hybridized carbons (Fsp3) is 0.150. The molecule has 1 heterocycles. The summed E-state index contributed by atoms with van der Waals surface area (Å²) in [6.07, 6.45) is 7.76. The lowest BCUT2D eigenvalue weighted by Crippen LogP contribution is -2.43. The minimum atomic E-state index is -1.39. The number of benzene rings is 2. The van der Waals surface area contributed by atoms with Gasteiger partial charge in [0.15, 0.2) is 0 Å². The maximum absolute atomic E-state index is 12.6. The number of ether oxygens (including phenoxy) is 1. The molecule has 4 heteroatoms. The molecule has 4 nitrogen and oxygen atoms in total. The number of hydrogen-bond acceptors (Lipinski definition) is 3. The third-order valence-electron chi connectivity index (χ3n) is 4.16. The van der Waals surface area contributed by atoms with E-state index in [1.54, 1.807) is 0 Å². The Morgan fingerprint density at radius 2 is 1.92 bits per heavy atom. The Hall–Kier alpha value is -3.19. The summed E-state index contributed by atoms with van der Waals surface area (Å²) in [4.78, 5) is 12.6. The van der Waals surface area contributed by atoms with Crippen molar-refractivity contribution < 1.29 is 9.53 Å². The van der Waals surface area contributed by atoms with Crippen LogP contribution in [0.25, 0.3) is 10.9 Å². The van der Waals surface area contributed by atoms with Crippen molar-refractivity contribution >= 4 is 22.6 Å². The number of carbonyl (C=O) groups is 1. The van der Waals surface area contributed by atoms with Crippen LogP contribution in [0.2, 0.25) is 0 Å². The standard InChI is InChI=1S/C20H18N2O2/c1-4-20(19(23)24-3,15-9-6-5-7-10-15)21-17-11-8-12-18-16(17)13-14-22(18)2/h1,5-14,21H,2-3H3/t20-/m0/s1. The highest BCUT2D eigenvalue weighted by Crippen LogP contribution is 2.32. The third-order valence-corrected chi connectivity index (χ3v) is 4.16. The molecule has 3 rings (SSSR count). The van der Waals surface area contributed by atoms with Gasteiger partial charge in [0.05, 0.1) is 7.11 Å². The molecule has 0 saturated carbocycles. The molecule has 2 aromatic carbocycles. The molecule has 0 bridgehead atoms. The van der Waals surface area contributed by atoms with Crippen LogP contribution in [-0.4, -0.2) is 17.6 Å². The lowest BCUT2D eigenvalue weighted by atomic mass is 9.90. The fourth-order valence-electron chi connectivity index (χ4n) is 2.87. The Morgan fingerprint density at radius 3 is 2.58 bits per heavy atom. The molecule has 0 fully saturated rings. The van der Waals surface area contributed by atoms with E-state index in [0.29, 0.717) is 5.56 Å². The quantitative estimate of drug-likeness (QED) is 0.593. The zero-order chi connectivity index (χ0) is 17.2. The first-order chi connectivity index (χ1) is 11.6. The number of methoxy groups -OCH3 is 1. The van der Waals surface area contributed by atoms with Crippen LogP contribution >= 0.6 is 0 Å². The Kier molecular flexibility index (Phi) is 4.01. The first-order valence-electron chi connectivity index (χ1n) is 7.56. The fourth-order valence-corrected chi connectivity index (χ4v) is 2.87. The van der Waals surface area contributed by atoms with Crippen LogP contribution in [0.4, 0.5) is 5.69 Å². The maximum Gasteiger partial charge on any atom is 0.349 e. The van der Waals surface area contributed by atoms with E-state index in [-0.39, 0.29) is 0 Å². The number of esters is 1. The van der Waals surface area contributed by atoms with Crippen LogP contribution in [0.1, 0.15) is 5.56 Å². The maximum atomic E-state index is 12.6. The summed E-state index contributed by atoms with van der Waals surface area (Å²) in [6, 6.07) is 17.0. The lowest BCUT2D eigenvalue weighted by Gasteiger charge is -2.28. The highest BCUT2D eigenvalue weighted by molar-refractivity contribution is 5.97. The molecule has 0 aliphatic carbocycles. The number of nitrogens with one attached hydrogen (secondary N) is 1. The predicted molar refractivity (Wildman–Crippen MR) is 95.5 cm³/mol. The summed E-state index contributed by atoms with van der Waals surface area (Å²) in [5.74, 6) is 2.09. The van der Waals surface area contributed by atoms with Crippen molar-refractivity contribution in [2.45, 2.75) is 5.54 Å². The van der Waals surface area contributed by atoms with E-state index in [2.05, 4.69) is 11.2 Å². The number of carbonyl (C=O) groups excluding carboxylic acids is 1. The van der Waals surface area contributed by atoms with Crippen LogP contribution in [0.15, 0.2) is 60.8 Å². The van der Waals surface area contributed by atoms with Gasteiger partial charge in [-0.1, -0.05) is 42.3 Å². The van der Waals surface area contributed by atoms with Gasteiger partial charge in [0.25, 0.3) is 0 Å². The smallest absolute Gasteiger partial charge is 0.349 e. The number of terminal acetylenes is 1. The minimum Gasteiger partial charge on any atom is -0.466 e. The van der Waals surface area contributed by atoms with E-state index >= 15 is 0 Å². The molecule has 0 amide bonds. The van der Waals surface area contributed by atoms with E-state index in [1.807, 2.05) is 72.4 Å². The monoisotopic (exact) mass is 318 g/mol. The van der Waals surface area contributed by atoms with Crippen LogP contribution in [0.5, 0.6) is 0 Å². The lowest BCUT2D eigenvalue weighted by molar-refractivity contribution is -0.144. The molecular weight excluding hydrogens is 300 g/mol. The predicted octanol–water partition coefficient (Wildman–Crippen LogP) is 3.29. The molecule has 0 radical (unpaired) electrons. The average molecular weight is 318 g/mol. The molecule has 0 aliphatic heterocycles. The number of anilines is 1. The highest BCUT2D eigenvalue weighted by Gasteiger charge is 2.40. The van der Waals surface area contributed by atoms with Gasteiger partial charge in [-0.2, -0.15) is 0 Å². The minimum absolute atomic E-state index is 0.524. The molecule has 24 heavy (non-hydrogen) atoms. The molecular formula is C20H18N2O2. The van der Waals surface area contributed by atoms with Gasteiger partial charge in [0.2, 0.25) is 5.54 Å². The molecule has 1 atom stereocenters. The van der Waals surface area contributed by atoms with Gasteiger partial charge in [-0.25, -0.2) is 4.79 Å². The van der Waals surface area contributed by atoms with E-state index in [4.69, 9.17) is 11.2 Å². The van der Waals surface area contributed by atoms with Crippen LogP contribution in [0.3, 0.4) is 0 Å². The molecule has 0 saturated heterocycles. The number of aromatic nitrogens is 1. The first kappa shape index (κ1) is 15.7. The van der Waals surface area contributed by atoms with Gasteiger partial charge in [-0.15, -0.1) is 6.42 Å². The second-order valence-corrected chi connectivity index (χ2v) is 5.54. The molecule has 3 aromatic rings. The Morgan fingerprint density at radius 1 is 1.17 bits per heavy atom. The number of nitrogens with zero attached hydrogens (tertiary/aromatic N) is 1. The van der Waals surface area contributed by atoms with Crippen molar-refractivity contribution in [2.75, 3.05) is 12.4 Å². The first-order valence-corrected chi connectivity index (χ1v) is 7.56. The van der Waals surface area contributed by atoms with Crippen molar-refractivity contribution in [3.8, 4) is 12.3 Å². The normalized spacial score (nSPS) is 13.0. The van der Waals surface area contributed by atoms with E-state index < -0.39 is 11.5 Å². The van der Waals surface area contributed by atoms with E-state index in [1.165, 1.54) is 7.11 Å². The highest BCUT2D eigenvalue weighted by atomic mass is 16.5. The van der Waals surface area contributed by atoms with Crippen molar-refractivity contribution in [1.82, 2.24) is 4.57 Å². The molecule has 1 N–H and O–H groups in total. The molecule has 1 aromatic heterocycles. The average Bonchev–Trinajstić information content (AvgIpc) is 3.02. The van der Waals surface area contributed by atoms with Crippen molar-refractivity contribution in [1.29, 1.82) is 0 Å². The number of fused-ring (bicyclic) bond motifs is 1. The summed E-state index contributed by atoms with van der Waals surface area (Å²) < 4.78 is 7.01. The van der Waals surface area contributed by atoms with Gasteiger partial charge in [0.1, 0.15) is 0 Å². The summed E-state index contributed by atoms with van der Waals surface area (Å²) in [5, 5.41) is 4.23. The molecule has 0 aliphatic rings. The number of rotatable bonds is 4. The summed E-state index contributed by atoms with van der Waals surface area (Å²) in [7, 11) is 3.31. The summed E-state index contributed by atoms with van der Waals surface area (Å²) >= 11 is 0. The van der Waals surface area contributed by atoms with Crippen LogP contribution in [0, 0.1) is 12.3 Å². The van der Waals surface area contributed by atoms with Crippen LogP contribution in [-0.2, 0) is 22.1 Å². The third kappa shape index (κ3) is 2.40. The van der Waals surface area contributed by atoms with E-state index in [9.17, 15) is 4.79 Å². The Bertz CT molecular complexity index is 922. The van der Waals surface area contributed by atoms with Gasteiger partial charge in [0, 0.05) is 35.4 Å².